The van der Waals surface area contributed by atoms with E-state index in [1.165, 1.54) is 17.7 Å². The molecule has 0 aliphatic heterocycles. The normalized spacial score (nSPS) is 14.3. The summed E-state index contributed by atoms with van der Waals surface area (Å²) in [5.74, 6) is 1.52. The summed E-state index contributed by atoms with van der Waals surface area (Å²) in [6.45, 7) is 6.04. The van der Waals surface area contributed by atoms with Crippen LogP contribution in [0, 0.1) is 13.8 Å². The fourth-order valence-electron chi connectivity index (χ4n) is 2.24. The van der Waals surface area contributed by atoms with Crippen molar-refractivity contribution in [3.05, 3.63) is 40.0 Å². The number of thiophene rings is 1. The van der Waals surface area contributed by atoms with Crippen molar-refractivity contribution in [1.82, 2.24) is 9.97 Å². The number of furan rings is 1. The van der Waals surface area contributed by atoms with E-state index in [1.54, 1.807) is 6.92 Å². The van der Waals surface area contributed by atoms with E-state index in [0.717, 1.165) is 21.6 Å². The minimum atomic E-state index is -0.946. The third-order valence-electron chi connectivity index (χ3n) is 3.62. The standard InChI is InChI=1S/C15H17N3O2S/c1-9-10(2)20-14-12(9)13(17-8-18-14)16-7-15(3,19)11-5-4-6-21-11/h4-6,8,19H,7H2,1-3H3,(H,16,17,18). The fourth-order valence-corrected chi connectivity index (χ4v) is 3.03. The number of fused-ring (bicyclic) bond motifs is 1. The molecule has 1 atom stereocenters. The SMILES string of the molecule is Cc1oc2ncnc(NCC(C)(O)c3cccs3)c2c1C. The number of hydrogen-bond acceptors (Lipinski definition) is 6. The molecule has 0 aliphatic carbocycles. The van der Waals surface area contributed by atoms with Gasteiger partial charge < -0.3 is 14.8 Å². The summed E-state index contributed by atoms with van der Waals surface area (Å²) in [6.07, 6.45) is 1.47. The first-order valence-electron chi connectivity index (χ1n) is 6.70. The van der Waals surface area contributed by atoms with E-state index in [-0.39, 0.29) is 0 Å². The third kappa shape index (κ3) is 2.52. The van der Waals surface area contributed by atoms with E-state index in [1.807, 2.05) is 31.4 Å². The fraction of sp³-hybridized carbons (Fsp3) is 0.333. The summed E-state index contributed by atoms with van der Waals surface area (Å²) >= 11 is 1.53. The van der Waals surface area contributed by atoms with Crippen molar-refractivity contribution in [2.75, 3.05) is 11.9 Å². The summed E-state index contributed by atoms with van der Waals surface area (Å²) in [7, 11) is 0. The van der Waals surface area contributed by atoms with E-state index in [2.05, 4.69) is 15.3 Å². The third-order valence-corrected chi connectivity index (χ3v) is 4.74. The number of aryl methyl sites for hydroxylation is 2. The van der Waals surface area contributed by atoms with Crippen LogP contribution in [0.5, 0.6) is 0 Å². The van der Waals surface area contributed by atoms with Crippen LogP contribution in [-0.2, 0) is 5.60 Å². The highest BCUT2D eigenvalue weighted by Crippen LogP contribution is 2.30. The predicted molar refractivity (Wildman–Crippen MR) is 83.7 cm³/mol. The molecule has 6 heteroatoms. The molecule has 21 heavy (non-hydrogen) atoms. The summed E-state index contributed by atoms with van der Waals surface area (Å²) in [4.78, 5) is 9.33. The minimum absolute atomic E-state index is 0.364. The molecule has 0 aromatic carbocycles. The molecule has 3 aromatic heterocycles. The Bertz CT molecular complexity index is 763. The molecule has 0 saturated carbocycles. The number of anilines is 1. The zero-order valence-corrected chi connectivity index (χ0v) is 13.0. The highest BCUT2D eigenvalue weighted by Gasteiger charge is 2.25. The first-order chi connectivity index (χ1) is 9.99. The molecule has 5 nitrogen and oxygen atoms in total. The molecule has 0 spiro atoms. The summed E-state index contributed by atoms with van der Waals surface area (Å²) in [5, 5.41) is 16.6. The van der Waals surface area contributed by atoms with E-state index in [0.29, 0.717) is 18.1 Å². The Morgan fingerprint density at radius 3 is 2.90 bits per heavy atom. The van der Waals surface area contributed by atoms with Gasteiger partial charge in [0.25, 0.3) is 0 Å². The molecule has 0 saturated heterocycles. The molecule has 3 heterocycles. The number of nitrogens with zero attached hydrogens (tertiary/aromatic N) is 2. The van der Waals surface area contributed by atoms with E-state index < -0.39 is 5.60 Å². The van der Waals surface area contributed by atoms with Gasteiger partial charge in [0.1, 0.15) is 23.5 Å². The lowest BCUT2D eigenvalue weighted by molar-refractivity contribution is 0.0754. The van der Waals surface area contributed by atoms with Gasteiger partial charge in [-0.1, -0.05) is 6.07 Å². The second-order valence-corrected chi connectivity index (χ2v) is 6.24. The molecule has 0 radical (unpaired) electrons. The highest BCUT2D eigenvalue weighted by atomic mass is 32.1. The number of rotatable bonds is 4. The van der Waals surface area contributed by atoms with Gasteiger partial charge in [-0.2, -0.15) is 0 Å². The van der Waals surface area contributed by atoms with Crippen molar-refractivity contribution in [1.29, 1.82) is 0 Å². The molecule has 1 unspecified atom stereocenters. The van der Waals surface area contributed by atoms with Crippen molar-refractivity contribution < 1.29 is 9.52 Å². The molecule has 0 aliphatic rings. The van der Waals surface area contributed by atoms with Gasteiger partial charge in [-0.3, -0.25) is 0 Å². The molecule has 3 aromatic rings. The largest absolute Gasteiger partial charge is 0.443 e. The lowest BCUT2D eigenvalue weighted by Crippen LogP contribution is -2.30. The maximum Gasteiger partial charge on any atom is 0.231 e. The molecular formula is C15H17N3O2S. The Labute approximate surface area is 126 Å². The summed E-state index contributed by atoms with van der Waals surface area (Å²) in [6, 6.07) is 3.86. The van der Waals surface area contributed by atoms with Gasteiger partial charge in [0.2, 0.25) is 5.71 Å². The van der Waals surface area contributed by atoms with Gasteiger partial charge in [0.05, 0.1) is 5.39 Å². The monoisotopic (exact) mass is 303 g/mol. The van der Waals surface area contributed by atoms with Gasteiger partial charge in [-0.05, 0) is 32.2 Å². The highest BCUT2D eigenvalue weighted by molar-refractivity contribution is 7.10. The Morgan fingerprint density at radius 2 is 2.19 bits per heavy atom. The molecule has 0 fully saturated rings. The van der Waals surface area contributed by atoms with Crippen molar-refractivity contribution in [2.24, 2.45) is 0 Å². The lowest BCUT2D eigenvalue weighted by Gasteiger charge is -2.22. The van der Waals surface area contributed by atoms with Crippen molar-refractivity contribution in [2.45, 2.75) is 26.4 Å². The quantitative estimate of drug-likeness (QED) is 0.774. The van der Waals surface area contributed by atoms with Crippen LogP contribution in [0.4, 0.5) is 5.82 Å². The maximum atomic E-state index is 10.6. The van der Waals surface area contributed by atoms with Crippen molar-refractivity contribution in [3.63, 3.8) is 0 Å². The first kappa shape index (κ1) is 14.0. The molecule has 110 valence electrons. The second-order valence-electron chi connectivity index (χ2n) is 5.29. The van der Waals surface area contributed by atoms with Crippen LogP contribution >= 0.6 is 11.3 Å². The zero-order chi connectivity index (χ0) is 15.0. The van der Waals surface area contributed by atoms with E-state index >= 15 is 0 Å². The maximum absolute atomic E-state index is 10.6. The number of nitrogens with one attached hydrogen (secondary N) is 1. The first-order valence-corrected chi connectivity index (χ1v) is 7.58. The molecule has 2 N–H and O–H groups in total. The predicted octanol–water partition coefficient (Wildman–Crippen LogP) is 3.22. The van der Waals surface area contributed by atoms with Crippen LogP contribution in [0.3, 0.4) is 0 Å². The van der Waals surface area contributed by atoms with Crippen LogP contribution in [-0.4, -0.2) is 21.6 Å². The summed E-state index contributed by atoms with van der Waals surface area (Å²) in [5.41, 5.74) is 0.639. The van der Waals surface area contributed by atoms with Crippen LogP contribution in [0.25, 0.3) is 11.1 Å². The topological polar surface area (TPSA) is 71.2 Å². The van der Waals surface area contributed by atoms with Gasteiger partial charge in [-0.15, -0.1) is 11.3 Å². The zero-order valence-electron chi connectivity index (χ0n) is 12.2. The van der Waals surface area contributed by atoms with Gasteiger partial charge >= 0.3 is 0 Å². The summed E-state index contributed by atoms with van der Waals surface area (Å²) < 4.78 is 5.59. The van der Waals surface area contributed by atoms with Crippen LogP contribution in [0.2, 0.25) is 0 Å². The van der Waals surface area contributed by atoms with Gasteiger partial charge in [0.15, 0.2) is 0 Å². The van der Waals surface area contributed by atoms with Crippen LogP contribution in [0.15, 0.2) is 28.3 Å². The Kier molecular flexibility index (Phi) is 3.43. The molecule has 0 bridgehead atoms. The number of hydrogen-bond donors (Lipinski definition) is 2. The molecule has 0 amide bonds. The van der Waals surface area contributed by atoms with Crippen LogP contribution in [0.1, 0.15) is 23.1 Å². The Morgan fingerprint density at radius 1 is 1.38 bits per heavy atom. The average molecular weight is 303 g/mol. The van der Waals surface area contributed by atoms with E-state index in [4.69, 9.17) is 4.42 Å². The smallest absolute Gasteiger partial charge is 0.231 e. The Balaban J connectivity index is 1.89. The number of aromatic nitrogens is 2. The van der Waals surface area contributed by atoms with Gasteiger partial charge in [-0.25, -0.2) is 9.97 Å². The molecular weight excluding hydrogens is 286 g/mol. The Hall–Kier alpha value is -1.92. The average Bonchev–Trinajstić information content (AvgIpc) is 3.07. The van der Waals surface area contributed by atoms with E-state index in [9.17, 15) is 5.11 Å². The molecule has 3 rings (SSSR count). The van der Waals surface area contributed by atoms with Gasteiger partial charge in [0, 0.05) is 17.0 Å². The minimum Gasteiger partial charge on any atom is -0.443 e. The van der Waals surface area contributed by atoms with Crippen molar-refractivity contribution in [3.8, 4) is 0 Å². The van der Waals surface area contributed by atoms with Crippen LogP contribution < -0.4 is 5.32 Å². The lowest BCUT2D eigenvalue weighted by atomic mass is 10.1. The van der Waals surface area contributed by atoms with Crippen molar-refractivity contribution >= 4 is 28.3 Å². The second kappa shape index (κ2) is 5.13. The number of aliphatic hydroxyl groups is 1.